The van der Waals surface area contributed by atoms with Crippen LogP contribution in [0.5, 0.6) is 0 Å². The second-order valence-corrected chi connectivity index (χ2v) is 5.66. The van der Waals surface area contributed by atoms with Crippen LogP contribution in [0.25, 0.3) is 10.8 Å². The maximum Gasteiger partial charge on any atom is 0.274 e. The summed E-state index contributed by atoms with van der Waals surface area (Å²) in [5, 5.41) is 8.65. The third-order valence-electron chi connectivity index (χ3n) is 4.02. The number of benzene rings is 2. The van der Waals surface area contributed by atoms with E-state index in [9.17, 15) is 9.59 Å². The predicted molar refractivity (Wildman–Crippen MR) is 94.0 cm³/mol. The maximum atomic E-state index is 12.5. The Morgan fingerprint density at radius 2 is 1.83 bits per heavy atom. The Morgan fingerprint density at radius 3 is 2.58 bits per heavy atom. The van der Waals surface area contributed by atoms with Gasteiger partial charge in [-0.2, -0.15) is 5.10 Å². The van der Waals surface area contributed by atoms with E-state index in [0.717, 1.165) is 5.39 Å². The minimum Gasteiger partial charge on any atom is -0.347 e. The fraction of sp³-hybridized carbons (Fsp3) is 0.211. The first-order valence-corrected chi connectivity index (χ1v) is 8.00. The first-order valence-electron chi connectivity index (χ1n) is 8.00. The number of fused-ring (bicyclic) bond motifs is 1. The average Bonchev–Trinajstić information content (AvgIpc) is 2.64. The topological polar surface area (TPSA) is 64.0 Å². The van der Waals surface area contributed by atoms with Crippen LogP contribution < -0.4 is 10.9 Å². The summed E-state index contributed by atoms with van der Waals surface area (Å²) in [6.07, 6.45) is 2.39. The molecular formula is C19H19N3O2. The molecule has 5 nitrogen and oxygen atoms in total. The van der Waals surface area contributed by atoms with Gasteiger partial charge in [-0.25, -0.2) is 4.68 Å². The van der Waals surface area contributed by atoms with Crippen molar-refractivity contribution in [2.24, 2.45) is 0 Å². The Hall–Kier alpha value is -2.95. The quantitative estimate of drug-likeness (QED) is 0.785. The summed E-state index contributed by atoms with van der Waals surface area (Å²) in [6.45, 7) is 2.32. The summed E-state index contributed by atoms with van der Waals surface area (Å²) in [6, 6.07) is 16.3. The van der Waals surface area contributed by atoms with Crippen molar-refractivity contribution in [2.75, 3.05) is 0 Å². The van der Waals surface area contributed by atoms with Crippen LogP contribution in [0.1, 0.15) is 23.7 Å². The molecule has 122 valence electrons. The summed E-state index contributed by atoms with van der Waals surface area (Å²) in [7, 11) is 0. The predicted octanol–water partition coefficient (Wildman–Crippen LogP) is 2.61. The van der Waals surface area contributed by atoms with Gasteiger partial charge < -0.3 is 5.32 Å². The molecule has 0 radical (unpaired) electrons. The first-order chi connectivity index (χ1) is 11.7. The van der Waals surface area contributed by atoms with Gasteiger partial charge in [0.1, 0.15) is 0 Å². The molecule has 0 aliphatic carbocycles. The van der Waals surface area contributed by atoms with Crippen molar-refractivity contribution >= 4 is 16.7 Å². The van der Waals surface area contributed by atoms with Crippen molar-refractivity contribution in [3.05, 3.63) is 76.7 Å². The number of aromatic nitrogens is 2. The molecule has 1 aromatic heterocycles. The maximum absolute atomic E-state index is 12.5. The summed E-state index contributed by atoms with van der Waals surface area (Å²) < 4.78 is 1.42. The number of carbonyl (C=O) groups is 1. The zero-order valence-corrected chi connectivity index (χ0v) is 13.5. The lowest BCUT2D eigenvalue weighted by molar-refractivity contribution is 0.0930. The number of carbonyl (C=O) groups excluding carboxylic acids is 1. The van der Waals surface area contributed by atoms with Gasteiger partial charge in [-0.05, 0) is 24.6 Å². The molecule has 24 heavy (non-hydrogen) atoms. The first kappa shape index (κ1) is 15.9. The van der Waals surface area contributed by atoms with Crippen molar-refractivity contribution < 1.29 is 4.79 Å². The average molecular weight is 321 g/mol. The van der Waals surface area contributed by atoms with E-state index < -0.39 is 0 Å². The van der Waals surface area contributed by atoms with Crippen LogP contribution in [0.15, 0.2) is 65.6 Å². The number of nitrogens with zero attached hydrogens (tertiary/aromatic N) is 2. The van der Waals surface area contributed by atoms with Crippen LogP contribution in [-0.2, 0) is 6.54 Å². The second kappa shape index (κ2) is 7.08. The molecule has 0 aliphatic heterocycles. The van der Waals surface area contributed by atoms with Gasteiger partial charge in [-0.3, -0.25) is 9.59 Å². The fourth-order valence-electron chi connectivity index (χ4n) is 2.60. The highest BCUT2D eigenvalue weighted by Crippen LogP contribution is 2.07. The minimum absolute atomic E-state index is 0.138. The molecule has 3 rings (SSSR count). The van der Waals surface area contributed by atoms with E-state index in [1.165, 1.54) is 4.68 Å². The summed E-state index contributed by atoms with van der Waals surface area (Å²) in [4.78, 5) is 24.8. The van der Waals surface area contributed by atoms with Gasteiger partial charge in [0.25, 0.3) is 11.5 Å². The standard InChI is InChI=1S/C19H19N3O2/c1-2-16(21-18(23)14-8-4-3-5-9-14)13-22-19(24)17-11-7-6-10-15(17)12-20-22/h3-12,16H,2,13H2,1H3,(H,21,23). The van der Waals surface area contributed by atoms with Crippen LogP contribution in [0.2, 0.25) is 0 Å². The molecule has 1 N–H and O–H groups in total. The molecule has 1 amide bonds. The molecule has 0 aliphatic rings. The van der Waals surface area contributed by atoms with Crippen LogP contribution in [0.4, 0.5) is 0 Å². The second-order valence-electron chi connectivity index (χ2n) is 5.66. The molecular weight excluding hydrogens is 302 g/mol. The molecule has 0 spiro atoms. The molecule has 1 atom stereocenters. The lowest BCUT2D eigenvalue weighted by Gasteiger charge is -2.18. The van der Waals surface area contributed by atoms with Crippen LogP contribution in [0, 0.1) is 0 Å². The van der Waals surface area contributed by atoms with E-state index in [1.54, 1.807) is 24.4 Å². The SMILES string of the molecule is CCC(Cn1ncc2ccccc2c1=O)NC(=O)c1ccccc1. The Labute approximate surface area is 139 Å². The fourth-order valence-corrected chi connectivity index (χ4v) is 2.60. The number of rotatable bonds is 5. The Kier molecular flexibility index (Phi) is 4.70. The molecule has 5 heteroatoms. The molecule has 2 aromatic carbocycles. The number of nitrogens with one attached hydrogen (secondary N) is 1. The highest BCUT2D eigenvalue weighted by molar-refractivity contribution is 5.94. The summed E-state index contributed by atoms with van der Waals surface area (Å²) >= 11 is 0. The monoisotopic (exact) mass is 321 g/mol. The number of hydrogen-bond acceptors (Lipinski definition) is 3. The van der Waals surface area contributed by atoms with Gasteiger partial charge in [0.2, 0.25) is 0 Å². The molecule has 0 saturated heterocycles. The highest BCUT2D eigenvalue weighted by Gasteiger charge is 2.14. The Bertz CT molecular complexity index is 903. The number of hydrogen-bond donors (Lipinski definition) is 1. The van der Waals surface area contributed by atoms with Gasteiger partial charge in [-0.15, -0.1) is 0 Å². The van der Waals surface area contributed by atoms with Crippen LogP contribution in [0.3, 0.4) is 0 Å². The Morgan fingerprint density at radius 1 is 1.12 bits per heavy atom. The lowest BCUT2D eigenvalue weighted by atomic mass is 10.1. The van der Waals surface area contributed by atoms with Gasteiger partial charge >= 0.3 is 0 Å². The Balaban J connectivity index is 1.80. The zero-order chi connectivity index (χ0) is 16.9. The van der Waals surface area contributed by atoms with E-state index in [4.69, 9.17) is 0 Å². The molecule has 3 aromatic rings. The van der Waals surface area contributed by atoms with Crippen LogP contribution >= 0.6 is 0 Å². The number of amides is 1. The van der Waals surface area contributed by atoms with Crippen molar-refractivity contribution in [1.82, 2.24) is 15.1 Å². The van der Waals surface area contributed by atoms with Gasteiger partial charge in [0, 0.05) is 17.0 Å². The van der Waals surface area contributed by atoms with E-state index >= 15 is 0 Å². The molecule has 0 bridgehead atoms. The lowest BCUT2D eigenvalue weighted by Crippen LogP contribution is -2.40. The molecule has 0 saturated carbocycles. The van der Waals surface area contributed by atoms with E-state index in [2.05, 4.69) is 10.4 Å². The smallest absolute Gasteiger partial charge is 0.274 e. The van der Waals surface area contributed by atoms with Gasteiger partial charge in [0.15, 0.2) is 0 Å². The van der Waals surface area contributed by atoms with E-state index in [0.29, 0.717) is 23.9 Å². The third-order valence-corrected chi connectivity index (χ3v) is 4.02. The van der Waals surface area contributed by atoms with Gasteiger partial charge in [0.05, 0.1) is 18.1 Å². The van der Waals surface area contributed by atoms with Crippen molar-refractivity contribution in [3.8, 4) is 0 Å². The van der Waals surface area contributed by atoms with Crippen molar-refractivity contribution in [3.63, 3.8) is 0 Å². The largest absolute Gasteiger partial charge is 0.347 e. The van der Waals surface area contributed by atoms with Crippen molar-refractivity contribution in [2.45, 2.75) is 25.9 Å². The molecule has 1 heterocycles. The van der Waals surface area contributed by atoms with Gasteiger partial charge in [-0.1, -0.05) is 43.3 Å². The molecule has 1 unspecified atom stereocenters. The van der Waals surface area contributed by atoms with Crippen LogP contribution in [-0.4, -0.2) is 21.7 Å². The summed E-state index contributed by atoms with van der Waals surface area (Å²) in [5.74, 6) is -0.142. The normalized spacial score (nSPS) is 12.0. The van der Waals surface area contributed by atoms with E-state index in [1.807, 2.05) is 43.3 Å². The summed E-state index contributed by atoms with van der Waals surface area (Å²) in [5.41, 5.74) is 0.468. The molecule has 0 fully saturated rings. The zero-order valence-electron chi connectivity index (χ0n) is 13.5. The third kappa shape index (κ3) is 3.35. The highest BCUT2D eigenvalue weighted by atomic mass is 16.2. The van der Waals surface area contributed by atoms with Crippen molar-refractivity contribution in [1.29, 1.82) is 0 Å². The minimum atomic E-state index is -0.163. The van der Waals surface area contributed by atoms with E-state index in [-0.39, 0.29) is 17.5 Å².